The van der Waals surface area contributed by atoms with E-state index in [-0.39, 0.29) is 37.2 Å². The van der Waals surface area contributed by atoms with Gasteiger partial charge in [-0.05, 0) is 31.2 Å². The molecule has 27 heavy (non-hydrogen) atoms. The fourth-order valence-electron chi connectivity index (χ4n) is 4.17. The number of piperidine rings is 1. The Bertz CT molecular complexity index is 766. The van der Waals surface area contributed by atoms with E-state index in [9.17, 15) is 9.59 Å². The summed E-state index contributed by atoms with van der Waals surface area (Å²) in [5.41, 5.74) is 0.909. The molecule has 0 radical (unpaired) electrons. The second-order valence-corrected chi connectivity index (χ2v) is 7.08. The van der Waals surface area contributed by atoms with E-state index in [4.69, 9.17) is 4.74 Å². The van der Waals surface area contributed by atoms with Crippen molar-refractivity contribution >= 4 is 12.0 Å². The molecule has 2 bridgehead atoms. The van der Waals surface area contributed by atoms with Gasteiger partial charge in [0, 0.05) is 12.1 Å². The number of carbonyl (C=O) groups excluding carboxylic acids is 2. The normalized spacial score (nSPS) is 23.9. The van der Waals surface area contributed by atoms with Gasteiger partial charge in [-0.2, -0.15) is 15.0 Å². The van der Waals surface area contributed by atoms with E-state index in [1.54, 1.807) is 17.2 Å². The molecule has 2 aliphatic rings. The summed E-state index contributed by atoms with van der Waals surface area (Å²) >= 11 is 0. The predicted octanol–water partition coefficient (Wildman–Crippen LogP) is 1.90. The Hall–Kier alpha value is -2.90. The Morgan fingerprint density at radius 1 is 1.04 bits per heavy atom. The van der Waals surface area contributed by atoms with Crippen molar-refractivity contribution in [1.82, 2.24) is 25.2 Å². The van der Waals surface area contributed by atoms with Gasteiger partial charge in [0.15, 0.2) is 0 Å². The van der Waals surface area contributed by atoms with Gasteiger partial charge in [-0.1, -0.05) is 30.3 Å². The molecule has 142 valence electrons. The number of ether oxygens (including phenoxy) is 1. The fourth-order valence-corrected chi connectivity index (χ4v) is 4.17. The highest BCUT2D eigenvalue weighted by atomic mass is 16.5. The molecule has 2 saturated heterocycles. The van der Waals surface area contributed by atoms with Gasteiger partial charge in [0.1, 0.15) is 13.2 Å². The number of hydrogen-bond donors (Lipinski definition) is 1. The summed E-state index contributed by atoms with van der Waals surface area (Å²) in [6.07, 6.45) is 6.49. The maximum Gasteiger partial charge on any atom is 0.407 e. The van der Waals surface area contributed by atoms with Crippen LogP contribution in [-0.2, 0) is 16.1 Å². The Balaban J connectivity index is 1.26. The molecule has 0 saturated carbocycles. The number of nitrogens with zero attached hydrogens (tertiary/aromatic N) is 4. The van der Waals surface area contributed by atoms with Crippen molar-refractivity contribution in [3.63, 3.8) is 0 Å². The van der Waals surface area contributed by atoms with E-state index in [1.165, 1.54) is 0 Å². The van der Waals surface area contributed by atoms with Crippen molar-refractivity contribution in [2.75, 3.05) is 6.54 Å². The molecule has 1 aromatic carbocycles. The van der Waals surface area contributed by atoms with Crippen LogP contribution < -0.4 is 5.32 Å². The smallest absolute Gasteiger partial charge is 0.407 e. The lowest BCUT2D eigenvalue weighted by Crippen LogP contribution is -2.50. The van der Waals surface area contributed by atoms with E-state index in [1.807, 2.05) is 35.2 Å². The van der Waals surface area contributed by atoms with Crippen LogP contribution in [0.1, 0.15) is 37.3 Å². The molecular weight excluding hydrogens is 346 g/mol. The molecule has 8 heteroatoms. The summed E-state index contributed by atoms with van der Waals surface area (Å²) < 4.78 is 5.16. The zero-order chi connectivity index (χ0) is 18.6. The molecule has 2 aromatic rings. The molecule has 2 aliphatic heterocycles. The average molecular weight is 369 g/mol. The average Bonchev–Trinajstić information content (AvgIpc) is 3.32. The Morgan fingerprint density at radius 3 is 2.37 bits per heavy atom. The van der Waals surface area contributed by atoms with E-state index in [0.29, 0.717) is 0 Å². The number of hydrogen-bond acceptors (Lipinski definition) is 5. The van der Waals surface area contributed by atoms with E-state index in [2.05, 4.69) is 15.5 Å². The second kappa shape index (κ2) is 7.77. The summed E-state index contributed by atoms with van der Waals surface area (Å²) in [7, 11) is 0. The zero-order valence-corrected chi connectivity index (χ0v) is 15.0. The number of nitrogens with one attached hydrogen (secondary N) is 1. The van der Waals surface area contributed by atoms with Crippen LogP contribution in [0.5, 0.6) is 0 Å². The number of carbonyl (C=O) groups is 2. The minimum absolute atomic E-state index is 0.0364. The number of benzene rings is 1. The van der Waals surface area contributed by atoms with Crippen molar-refractivity contribution in [1.29, 1.82) is 0 Å². The molecule has 0 aliphatic carbocycles. The first kappa shape index (κ1) is 17.5. The third-order valence-electron chi connectivity index (χ3n) is 5.36. The van der Waals surface area contributed by atoms with Crippen LogP contribution in [0.15, 0.2) is 42.7 Å². The maximum atomic E-state index is 12.6. The summed E-state index contributed by atoms with van der Waals surface area (Å²) in [5, 5.41) is 11.1. The second-order valence-electron chi connectivity index (χ2n) is 7.08. The minimum atomic E-state index is -0.574. The first-order valence-electron chi connectivity index (χ1n) is 9.32. The molecule has 2 atom stereocenters. The lowest BCUT2D eigenvalue weighted by atomic mass is 9.97. The van der Waals surface area contributed by atoms with Gasteiger partial charge in [-0.3, -0.25) is 4.79 Å². The minimum Gasteiger partial charge on any atom is -0.445 e. The lowest BCUT2D eigenvalue weighted by molar-refractivity contribution is -0.135. The van der Waals surface area contributed by atoms with Crippen LogP contribution in [0.25, 0.3) is 0 Å². The quantitative estimate of drug-likeness (QED) is 0.869. The molecular formula is C19H23N5O3. The molecule has 2 amide bonds. The third kappa shape index (κ3) is 3.94. The van der Waals surface area contributed by atoms with Gasteiger partial charge >= 0.3 is 6.09 Å². The van der Waals surface area contributed by atoms with Gasteiger partial charge in [0.2, 0.25) is 5.91 Å². The highest BCUT2D eigenvalue weighted by Crippen LogP contribution is 2.40. The third-order valence-corrected chi connectivity index (χ3v) is 5.36. The Labute approximate surface area is 157 Å². The SMILES string of the molecule is O=C(NCC(=O)N1C2CCC1CC(n1nccn1)C2)OCc1ccccc1. The first-order valence-corrected chi connectivity index (χ1v) is 9.32. The summed E-state index contributed by atoms with van der Waals surface area (Å²) in [6.45, 7) is 0.152. The van der Waals surface area contributed by atoms with E-state index < -0.39 is 6.09 Å². The van der Waals surface area contributed by atoms with Crippen LogP contribution in [0.4, 0.5) is 4.79 Å². The van der Waals surface area contributed by atoms with Crippen molar-refractivity contribution in [2.45, 2.75) is 50.4 Å². The summed E-state index contributed by atoms with van der Waals surface area (Å²) in [4.78, 5) is 28.2. The predicted molar refractivity (Wildman–Crippen MR) is 96.6 cm³/mol. The molecule has 8 nitrogen and oxygen atoms in total. The summed E-state index contributed by atoms with van der Waals surface area (Å²) in [5.74, 6) is -0.0500. The van der Waals surface area contributed by atoms with Crippen LogP contribution in [0.2, 0.25) is 0 Å². The van der Waals surface area contributed by atoms with Crippen molar-refractivity contribution in [3.05, 3.63) is 48.3 Å². The van der Waals surface area contributed by atoms with Gasteiger partial charge < -0.3 is 15.0 Å². The molecule has 4 rings (SSSR count). The number of rotatable bonds is 5. The van der Waals surface area contributed by atoms with Crippen LogP contribution in [0, 0.1) is 0 Å². The molecule has 2 unspecified atom stereocenters. The van der Waals surface area contributed by atoms with Crippen LogP contribution in [-0.4, -0.2) is 50.5 Å². The van der Waals surface area contributed by atoms with Crippen molar-refractivity contribution < 1.29 is 14.3 Å². The van der Waals surface area contributed by atoms with E-state index >= 15 is 0 Å². The largest absolute Gasteiger partial charge is 0.445 e. The van der Waals surface area contributed by atoms with Gasteiger partial charge in [0.25, 0.3) is 0 Å². The molecule has 1 aromatic heterocycles. The monoisotopic (exact) mass is 369 g/mol. The topological polar surface area (TPSA) is 89.4 Å². The maximum absolute atomic E-state index is 12.6. The standard InChI is InChI=1S/C19H23N5O3/c25-18(12-20-19(26)27-13-14-4-2-1-3-5-14)23-15-6-7-16(23)11-17(10-15)24-21-8-9-22-24/h1-5,8-9,15-17H,6-7,10-13H2,(H,20,26). The van der Waals surface area contributed by atoms with Gasteiger partial charge in [0.05, 0.1) is 18.4 Å². The summed E-state index contributed by atoms with van der Waals surface area (Å²) in [6, 6.07) is 10.1. The molecule has 1 N–H and O–H groups in total. The van der Waals surface area contributed by atoms with Crippen LogP contribution >= 0.6 is 0 Å². The molecule has 3 heterocycles. The number of aromatic nitrogens is 3. The lowest BCUT2D eigenvalue weighted by Gasteiger charge is -2.38. The molecule has 2 fully saturated rings. The van der Waals surface area contributed by atoms with Gasteiger partial charge in [-0.15, -0.1) is 0 Å². The van der Waals surface area contributed by atoms with E-state index in [0.717, 1.165) is 31.2 Å². The number of alkyl carbamates (subject to hydrolysis) is 1. The van der Waals surface area contributed by atoms with Crippen molar-refractivity contribution in [2.24, 2.45) is 0 Å². The molecule has 0 spiro atoms. The number of amides is 2. The Morgan fingerprint density at radius 2 is 1.70 bits per heavy atom. The first-order chi connectivity index (χ1) is 13.2. The van der Waals surface area contributed by atoms with Crippen molar-refractivity contribution in [3.8, 4) is 0 Å². The van der Waals surface area contributed by atoms with Gasteiger partial charge in [-0.25, -0.2) is 4.79 Å². The zero-order valence-electron chi connectivity index (χ0n) is 15.0. The highest BCUT2D eigenvalue weighted by molar-refractivity contribution is 5.83. The number of fused-ring (bicyclic) bond motifs is 2. The van der Waals surface area contributed by atoms with Crippen LogP contribution in [0.3, 0.4) is 0 Å². The Kier molecular flexibility index (Phi) is 5.04. The fraction of sp³-hybridized carbons (Fsp3) is 0.474. The highest BCUT2D eigenvalue weighted by Gasteiger charge is 2.44.